The number of Topliss-reactive ketones (excluding diaryl/α,β-unsaturated/α-hetero) is 1. The zero-order chi connectivity index (χ0) is 54.0. The number of amides is 3. The lowest BCUT2D eigenvalue weighted by atomic mass is 10.1. The molecule has 5 heterocycles. The van der Waals surface area contributed by atoms with E-state index < -0.39 is 29.5 Å². The van der Waals surface area contributed by atoms with Crippen molar-refractivity contribution in [3.05, 3.63) is 83.0 Å². The Kier molecular flexibility index (Phi) is 17.5. The van der Waals surface area contributed by atoms with Gasteiger partial charge in [0.15, 0.2) is 11.6 Å². The minimum Gasteiger partial charge on any atom is -0.491 e. The van der Waals surface area contributed by atoms with Gasteiger partial charge < -0.3 is 54.9 Å². The molecule has 23 heteroatoms. The van der Waals surface area contributed by atoms with Gasteiger partial charge in [0.25, 0.3) is 0 Å². The summed E-state index contributed by atoms with van der Waals surface area (Å²) in [4.78, 5) is 78.3. The van der Waals surface area contributed by atoms with E-state index in [-0.39, 0.29) is 69.3 Å². The molecule has 7 rings (SSSR count). The Balaban J connectivity index is 1.23. The number of aromatic nitrogens is 9. The number of fused-ring (bicyclic) bond motifs is 4. The number of benzene rings is 2. The Morgan fingerprint density at radius 2 is 1.40 bits per heavy atom. The predicted octanol–water partition coefficient (Wildman–Crippen LogP) is 6.04. The molecule has 0 aliphatic heterocycles. The first-order valence-electron chi connectivity index (χ1n) is 24.7. The molecule has 3 amide bonds. The number of nitrogens with two attached hydrogens (primary N) is 2. The van der Waals surface area contributed by atoms with E-state index in [4.69, 9.17) is 50.1 Å². The number of rotatable bonds is 26. The number of imidazole rings is 1. The molecule has 23 nitrogen and oxygen atoms in total. The van der Waals surface area contributed by atoms with Gasteiger partial charge in [-0.2, -0.15) is 10.2 Å². The third kappa shape index (κ3) is 13.3. The number of ether oxygens (including phenoxy) is 5. The molecule has 2 aromatic carbocycles. The number of alkyl carbamates (subject to hydrolysis) is 1. The SMILES string of the molecule is CCn1nc(C)cc1C(=O)CNc1nc2cc(C(N)=O)cc(OCCCOC)c2n1C/C=C/Cn1c2nc(-c3cc(C)nn3CC)ncc2c2cc(C(N)=O)cc(OCCCNC(=O)OCCC(=O)OC(C)(C)C)c21. The van der Waals surface area contributed by atoms with Crippen molar-refractivity contribution in [2.75, 3.05) is 51.9 Å². The highest BCUT2D eigenvalue weighted by atomic mass is 16.6. The van der Waals surface area contributed by atoms with Crippen molar-refractivity contribution in [1.29, 1.82) is 0 Å². The lowest BCUT2D eigenvalue weighted by Crippen LogP contribution is -2.28. The number of allylic oxidation sites excluding steroid dienone is 2. The maximum atomic E-state index is 13.6. The van der Waals surface area contributed by atoms with Crippen LogP contribution in [0.3, 0.4) is 0 Å². The van der Waals surface area contributed by atoms with Crippen molar-refractivity contribution >= 4 is 68.6 Å². The molecular weight excluding hydrogens is 967 g/mol. The highest BCUT2D eigenvalue weighted by molar-refractivity contribution is 6.12. The van der Waals surface area contributed by atoms with Crippen LogP contribution in [0.25, 0.3) is 44.5 Å². The van der Waals surface area contributed by atoms with Gasteiger partial charge in [0.1, 0.15) is 46.3 Å². The molecule has 0 saturated carbocycles. The Morgan fingerprint density at radius 1 is 0.747 bits per heavy atom. The van der Waals surface area contributed by atoms with Crippen LogP contribution in [0.4, 0.5) is 10.7 Å². The Bertz CT molecular complexity index is 3270. The number of methoxy groups -OCH3 is 1. The van der Waals surface area contributed by atoms with Crippen LogP contribution in [0.2, 0.25) is 0 Å². The monoisotopic (exact) mass is 1030 g/mol. The second kappa shape index (κ2) is 24.1. The molecule has 5 aromatic heterocycles. The standard InChI is InChI=1S/C52H65N13O10/c1-9-64-38(23-31(3)60-64)40(66)30-57-50-58-37-26-34(47(54)69)28-42(73-21-14-19-71-8)45(37)63(50)18-12-11-17-62-44-35(36-29-56-48(59-49(36)62)39-24-32(4)61-65(39)10-2)25-33(46(53)68)27-41(44)72-20-13-16-55-51(70)74-22-15-43(67)75-52(5,6)7/h11-12,23-29H,9-10,13-22,30H2,1-8H3,(H2,53,68)(H2,54,69)(H,55,70)(H,57,58)/b12-11+. The summed E-state index contributed by atoms with van der Waals surface area (Å²) in [6.45, 7) is 15.2. The normalized spacial score (nSPS) is 11.7. The van der Waals surface area contributed by atoms with Gasteiger partial charge in [0.05, 0.1) is 48.6 Å². The summed E-state index contributed by atoms with van der Waals surface area (Å²) < 4.78 is 35.6. The van der Waals surface area contributed by atoms with E-state index in [1.165, 1.54) is 0 Å². The van der Waals surface area contributed by atoms with Crippen LogP contribution >= 0.6 is 0 Å². The highest BCUT2D eigenvalue weighted by Crippen LogP contribution is 2.37. The zero-order valence-corrected chi connectivity index (χ0v) is 43.7. The summed E-state index contributed by atoms with van der Waals surface area (Å²) in [5, 5.41) is 16.2. The molecule has 75 heavy (non-hydrogen) atoms. The van der Waals surface area contributed by atoms with Gasteiger partial charge in [-0.25, -0.2) is 19.7 Å². The van der Waals surface area contributed by atoms with Crippen molar-refractivity contribution in [1.82, 2.24) is 49.0 Å². The van der Waals surface area contributed by atoms with Gasteiger partial charge in [-0.1, -0.05) is 12.2 Å². The van der Waals surface area contributed by atoms with E-state index in [2.05, 4.69) is 20.8 Å². The number of aryl methyl sites for hydroxylation is 4. The lowest BCUT2D eigenvalue weighted by molar-refractivity contribution is -0.155. The van der Waals surface area contributed by atoms with Gasteiger partial charge in [0, 0.05) is 81.0 Å². The van der Waals surface area contributed by atoms with Crippen LogP contribution in [0, 0.1) is 13.8 Å². The highest BCUT2D eigenvalue weighted by Gasteiger charge is 2.24. The van der Waals surface area contributed by atoms with Crippen molar-refractivity contribution in [3.8, 4) is 23.0 Å². The fraction of sp³-hybridized carbons (Fsp3) is 0.423. The number of nitrogens with zero attached hydrogens (tertiary/aromatic N) is 9. The maximum absolute atomic E-state index is 13.6. The molecule has 398 valence electrons. The number of carbonyl (C=O) groups is 5. The van der Waals surface area contributed by atoms with Gasteiger partial charge in [-0.3, -0.25) is 28.5 Å². The fourth-order valence-electron chi connectivity index (χ4n) is 8.40. The summed E-state index contributed by atoms with van der Waals surface area (Å²) in [6.07, 6.45) is 5.69. The van der Waals surface area contributed by atoms with Gasteiger partial charge in [-0.15, -0.1) is 0 Å². The number of carbonyl (C=O) groups excluding carboxylic acids is 5. The lowest BCUT2D eigenvalue weighted by Gasteiger charge is -2.19. The zero-order valence-electron chi connectivity index (χ0n) is 43.7. The van der Waals surface area contributed by atoms with E-state index in [1.807, 2.05) is 59.7 Å². The number of esters is 1. The molecule has 0 saturated heterocycles. The van der Waals surface area contributed by atoms with Crippen molar-refractivity contribution in [3.63, 3.8) is 0 Å². The van der Waals surface area contributed by atoms with Crippen LogP contribution < -0.4 is 31.6 Å². The molecule has 0 bridgehead atoms. The van der Waals surface area contributed by atoms with Gasteiger partial charge >= 0.3 is 12.1 Å². The molecule has 0 aliphatic rings. The number of anilines is 1. The molecule has 6 N–H and O–H groups in total. The number of ketones is 1. The number of hydrogen-bond donors (Lipinski definition) is 4. The quantitative estimate of drug-likeness (QED) is 0.0208. The topological polar surface area (TPSA) is 292 Å². The maximum Gasteiger partial charge on any atom is 0.407 e. The fourth-order valence-corrected chi connectivity index (χ4v) is 8.40. The first-order chi connectivity index (χ1) is 35.9. The van der Waals surface area contributed by atoms with E-state index >= 15 is 0 Å². The van der Waals surface area contributed by atoms with Crippen LogP contribution in [0.15, 0.2) is 54.7 Å². The van der Waals surface area contributed by atoms with Crippen molar-refractivity contribution < 1.29 is 47.7 Å². The summed E-state index contributed by atoms with van der Waals surface area (Å²) in [7, 11) is 1.60. The Morgan fingerprint density at radius 3 is 2.08 bits per heavy atom. The second-order valence-electron chi connectivity index (χ2n) is 18.5. The number of primary amides is 2. The summed E-state index contributed by atoms with van der Waals surface area (Å²) in [5.74, 6) is -0.553. The van der Waals surface area contributed by atoms with Crippen molar-refractivity contribution in [2.24, 2.45) is 11.5 Å². The van der Waals surface area contributed by atoms with Crippen LogP contribution in [-0.2, 0) is 45.2 Å². The van der Waals surface area contributed by atoms with E-state index in [0.717, 1.165) is 11.4 Å². The predicted molar refractivity (Wildman–Crippen MR) is 280 cm³/mol. The molecule has 7 aromatic rings. The second-order valence-corrected chi connectivity index (χ2v) is 18.5. The average Bonchev–Trinajstić information content (AvgIpc) is 4.13. The molecule has 0 atom stereocenters. The smallest absolute Gasteiger partial charge is 0.407 e. The average molecular weight is 1030 g/mol. The molecule has 0 fully saturated rings. The molecule has 0 radical (unpaired) electrons. The first-order valence-corrected chi connectivity index (χ1v) is 24.7. The van der Waals surface area contributed by atoms with Crippen LogP contribution in [0.1, 0.15) is 96.5 Å². The molecule has 0 aliphatic carbocycles. The van der Waals surface area contributed by atoms with E-state index in [0.29, 0.717) is 100 Å². The molecule has 0 unspecified atom stereocenters. The first kappa shape index (κ1) is 54.4. The number of nitrogens with one attached hydrogen (secondary N) is 2. The minimum absolute atomic E-state index is 0.0875. The van der Waals surface area contributed by atoms with E-state index in [1.54, 1.807) is 69.1 Å². The van der Waals surface area contributed by atoms with E-state index in [9.17, 15) is 24.0 Å². The third-order valence-corrected chi connectivity index (χ3v) is 11.7. The largest absolute Gasteiger partial charge is 0.491 e. The summed E-state index contributed by atoms with van der Waals surface area (Å²) in [5.41, 5.74) is 16.2. The third-order valence-electron chi connectivity index (χ3n) is 11.7. The summed E-state index contributed by atoms with van der Waals surface area (Å²) >= 11 is 0. The minimum atomic E-state index is -0.700. The van der Waals surface area contributed by atoms with Gasteiger partial charge in [-0.05, 0) is 91.3 Å². The summed E-state index contributed by atoms with van der Waals surface area (Å²) in [6, 6.07) is 10.1. The van der Waals surface area contributed by atoms with Crippen LogP contribution in [0.5, 0.6) is 11.5 Å². The molecular formula is C52H65N13O10. The Labute approximate surface area is 432 Å². The van der Waals surface area contributed by atoms with Crippen molar-refractivity contribution in [2.45, 2.75) is 99.5 Å². The number of hydrogen-bond acceptors (Lipinski definition) is 16. The molecule has 0 spiro atoms. The Hall–Kier alpha value is -8.34. The van der Waals surface area contributed by atoms with Crippen LogP contribution in [-0.4, -0.2) is 126 Å². The van der Waals surface area contributed by atoms with Gasteiger partial charge in [0.2, 0.25) is 17.8 Å².